The SMILES string of the molecule is O=P(O)(O)O.O=P(O)(O)O.[H-].[H-].[K+].[Li+]. The van der Waals surface area contributed by atoms with Crippen LogP contribution in [0.3, 0.4) is 0 Å². The van der Waals surface area contributed by atoms with Gasteiger partial charge in [-0.25, -0.2) is 9.13 Å². The molecular weight excluding hydrogens is 236 g/mol. The van der Waals surface area contributed by atoms with E-state index in [1.165, 1.54) is 0 Å². The Morgan fingerprint density at radius 3 is 0.750 bits per heavy atom. The molecule has 0 heterocycles. The quantitative estimate of drug-likeness (QED) is 0.181. The first kappa shape index (κ1) is 23.9. The molecule has 12 heavy (non-hydrogen) atoms. The third kappa shape index (κ3) is 271. The minimum Gasteiger partial charge on any atom is -1.00 e. The first-order valence-corrected chi connectivity index (χ1v) is 4.70. The van der Waals surface area contributed by atoms with Crippen LogP contribution in [0, 0.1) is 0 Å². The van der Waals surface area contributed by atoms with Crippen LogP contribution in [-0.2, 0) is 9.13 Å². The molecule has 0 bridgehead atoms. The molecule has 0 aromatic carbocycles. The zero-order valence-electron chi connectivity index (χ0n) is 8.39. The summed E-state index contributed by atoms with van der Waals surface area (Å²) in [4.78, 5) is 43.1. The van der Waals surface area contributed by atoms with E-state index in [2.05, 4.69) is 0 Å². The van der Waals surface area contributed by atoms with Crippen molar-refractivity contribution in [3.63, 3.8) is 0 Å². The summed E-state index contributed by atoms with van der Waals surface area (Å²) in [7, 11) is -9.28. The Balaban J connectivity index is -0.0000000178. The van der Waals surface area contributed by atoms with Crippen molar-refractivity contribution in [1.82, 2.24) is 0 Å². The second kappa shape index (κ2) is 9.99. The largest absolute Gasteiger partial charge is 1.00 e. The topological polar surface area (TPSA) is 156 Å². The van der Waals surface area contributed by atoms with Gasteiger partial charge < -0.3 is 32.2 Å². The summed E-state index contributed by atoms with van der Waals surface area (Å²) >= 11 is 0. The Morgan fingerprint density at radius 2 is 0.750 bits per heavy atom. The van der Waals surface area contributed by atoms with Gasteiger partial charge in [0.05, 0.1) is 0 Å². The molecule has 0 spiro atoms. The van der Waals surface area contributed by atoms with Crippen LogP contribution >= 0.6 is 15.6 Å². The van der Waals surface area contributed by atoms with Gasteiger partial charge in [-0.15, -0.1) is 0 Å². The molecule has 0 amide bonds. The second-order valence-electron chi connectivity index (χ2n) is 1.03. The van der Waals surface area contributed by atoms with E-state index in [1.807, 2.05) is 0 Å². The van der Waals surface area contributed by atoms with E-state index in [4.69, 9.17) is 38.5 Å². The normalized spacial score (nSPS) is 9.83. The van der Waals surface area contributed by atoms with Gasteiger partial charge in [-0.2, -0.15) is 0 Å². The van der Waals surface area contributed by atoms with Crippen molar-refractivity contribution in [2.75, 3.05) is 0 Å². The summed E-state index contributed by atoms with van der Waals surface area (Å²) in [6, 6.07) is 0. The van der Waals surface area contributed by atoms with Crippen molar-refractivity contribution < 1.29 is 112 Å². The van der Waals surface area contributed by atoms with Gasteiger partial charge in [0.25, 0.3) is 0 Å². The van der Waals surface area contributed by atoms with Crippen LogP contribution in [0.1, 0.15) is 2.85 Å². The van der Waals surface area contributed by atoms with Crippen molar-refractivity contribution in [2.45, 2.75) is 0 Å². The number of phosphoric acid groups is 2. The van der Waals surface area contributed by atoms with Crippen molar-refractivity contribution >= 4 is 15.6 Å². The molecule has 0 radical (unpaired) electrons. The molecule has 68 valence electrons. The van der Waals surface area contributed by atoms with E-state index < -0.39 is 15.6 Å². The summed E-state index contributed by atoms with van der Waals surface area (Å²) in [6.45, 7) is 0. The Bertz CT molecular complexity index is 138. The minimum atomic E-state index is -4.64. The molecule has 0 fully saturated rings. The molecule has 0 saturated carbocycles. The summed E-state index contributed by atoms with van der Waals surface area (Å²) in [5.41, 5.74) is 0. The van der Waals surface area contributed by atoms with E-state index >= 15 is 0 Å². The molecule has 0 atom stereocenters. The van der Waals surface area contributed by atoms with E-state index in [9.17, 15) is 0 Å². The molecule has 12 heteroatoms. The molecule has 0 rings (SSSR count). The summed E-state index contributed by atoms with van der Waals surface area (Å²) < 4.78 is 17.8. The fourth-order valence-corrected chi connectivity index (χ4v) is 0. The predicted octanol–water partition coefficient (Wildman–Crippen LogP) is -7.62. The molecule has 0 aromatic rings. The number of hydrogen-bond acceptors (Lipinski definition) is 2. The predicted molar refractivity (Wildman–Crippen MR) is 30.7 cm³/mol. The van der Waals surface area contributed by atoms with Gasteiger partial charge in [0.1, 0.15) is 0 Å². The van der Waals surface area contributed by atoms with Crippen LogP contribution in [0.4, 0.5) is 0 Å². The van der Waals surface area contributed by atoms with Crippen molar-refractivity contribution in [3.8, 4) is 0 Å². The first-order valence-electron chi connectivity index (χ1n) is 1.57. The average Bonchev–Trinajstić information content (AvgIpc) is 1.12. The van der Waals surface area contributed by atoms with Crippen LogP contribution in [0.2, 0.25) is 0 Å². The molecule has 6 N–H and O–H groups in total. The minimum absolute atomic E-state index is 0. The number of rotatable bonds is 0. The molecule has 0 aromatic heterocycles. The summed E-state index contributed by atoms with van der Waals surface area (Å²) in [5.74, 6) is 0. The Hall–Kier alpha value is 2.45. The van der Waals surface area contributed by atoms with Gasteiger partial charge in [-0.1, -0.05) is 0 Å². The third-order valence-electron chi connectivity index (χ3n) is 0. The van der Waals surface area contributed by atoms with E-state index in [1.54, 1.807) is 0 Å². The van der Waals surface area contributed by atoms with Crippen molar-refractivity contribution in [2.24, 2.45) is 0 Å². The van der Waals surface area contributed by atoms with E-state index in [0.717, 1.165) is 0 Å². The molecule has 0 aliphatic rings. The Kier molecular flexibility index (Phi) is 19.9. The average molecular weight is 244 g/mol. The smallest absolute Gasteiger partial charge is 1.00 e. The Labute approximate surface area is 125 Å². The maximum Gasteiger partial charge on any atom is 1.00 e. The van der Waals surface area contributed by atoms with Crippen LogP contribution in [-0.4, -0.2) is 29.4 Å². The van der Waals surface area contributed by atoms with Crippen molar-refractivity contribution in [3.05, 3.63) is 0 Å². The first-order chi connectivity index (χ1) is 4.00. The molecule has 0 aliphatic carbocycles. The van der Waals surface area contributed by atoms with Gasteiger partial charge in [0.2, 0.25) is 0 Å². The Morgan fingerprint density at radius 1 is 0.750 bits per heavy atom. The fraction of sp³-hybridized carbons (Fsp3) is 0. The summed E-state index contributed by atoms with van der Waals surface area (Å²) in [5, 5.41) is 0. The monoisotopic (exact) mass is 244 g/mol. The molecule has 0 aliphatic heterocycles. The van der Waals surface area contributed by atoms with E-state index in [-0.39, 0.29) is 73.1 Å². The number of hydrogen-bond donors (Lipinski definition) is 6. The standard InChI is InChI=1S/K.Li.2H3O4P.2H/c;;2*1-5(2,3)4;;/h;;2*(H3,1,2,3,4);;/q2*+1;;;2*-1. The van der Waals surface area contributed by atoms with E-state index in [0.29, 0.717) is 0 Å². The fourth-order valence-electron chi connectivity index (χ4n) is 0. The van der Waals surface area contributed by atoms with Crippen molar-refractivity contribution in [1.29, 1.82) is 0 Å². The maximum atomic E-state index is 8.88. The molecular formula is H8KLiO8P2. The van der Waals surface area contributed by atoms with Crippen LogP contribution in [0.5, 0.6) is 0 Å². The van der Waals surface area contributed by atoms with Crippen LogP contribution < -0.4 is 70.2 Å². The van der Waals surface area contributed by atoms with Gasteiger partial charge in [0, 0.05) is 0 Å². The van der Waals surface area contributed by atoms with Gasteiger partial charge in [-0.05, 0) is 0 Å². The zero-order valence-corrected chi connectivity index (χ0v) is 11.3. The van der Waals surface area contributed by atoms with Crippen LogP contribution in [0.15, 0.2) is 0 Å². The van der Waals surface area contributed by atoms with Gasteiger partial charge >= 0.3 is 85.9 Å². The molecule has 8 nitrogen and oxygen atoms in total. The molecule has 0 saturated heterocycles. The third-order valence-corrected chi connectivity index (χ3v) is 0. The van der Waals surface area contributed by atoms with Crippen LogP contribution in [0.25, 0.3) is 0 Å². The second-order valence-corrected chi connectivity index (χ2v) is 3.08. The van der Waals surface area contributed by atoms with Gasteiger partial charge in [-0.3, -0.25) is 0 Å². The zero-order chi connectivity index (χ0) is 9.00. The maximum absolute atomic E-state index is 8.88. The van der Waals surface area contributed by atoms with Gasteiger partial charge in [0.15, 0.2) is 0 Å². The summed E-state index contributed by atoms with van der Waals surface area (Å²) in [6.07, 6.45) is 0. The molecule has 0 unspecified atom stereocenters.